The molecule has 2 amide bonds. The van der Waals surface area contributed by atoms with E-state index in [1.165, 1.54) is 29.0 Å². The van der Waals surface area contributed by atoms with Crippen LogP contribution in [-0.4, -0.2) is 48.7 Å². The number of aliphatic hydroxyl groups excluding tert-OH is 1. The quantitative estimate of drug-likeness (QED) is 0.142. The fraction of sp³-hybridized carbons (Fsp3) is 0.526. The van der Waals surface area contributed by atoms with Crippen molar-refractivity contribution in [1.29, 1.82) is 0 Å². The summed E-state index contributed by atoms with van der Waals surface area (Å²) in [5.74, 6) is -1.29. The Morgan fingerprint density at radius 2 is 1.75 bits per heavy atom. The maximum absolute atomic E-state index is 14.3. The lowest BCUT2D eigenvalue weighted by Crippen LogP contribution is -2.54. The van der Waals surface area contributed by atoms with Crippen molar-refractivity contribution in [2.75, 3.05) is 13.6 Å². The number of thiophene rings is 1. The molecule has 7 atom stereocenters. The molecule has 0 spiro atoms. The summed E-state index contributed by atoms with van der Waals surface area (Å²) < 4.78 is 28.2. The van der Waals surface area contributed by atoms with Crippen LogP contribution in [0, 0.1) is 34.3 Å². The van der Waals surface area contributed by atoms with E-state index in [0.717, 1.165) is 36.5 Å². The van der Waals surface area contributed by atoms with Gasteiger partial charge in [0.25, 0.3) is 0 Å². The fourth-order valence-electron chi connectivity index (χ4n) is 8.45. The first-order chi connectivity index (χ1) is 22.9. The lowest BCUT2D eigenvalue weighted by atomic mass is 9.74. The summed E-state index contributed by atoms with van der Waals surface area (Å²) in [6, 6.07) is 11.9. The second-order valence-corrected chi connectivity index (χ2v) is 15.1. The molecule has 2 aliphatic rings. The predicted molar refractivity (Wildman–Crippen MR) is 186 cm³/mol. The van der Waals surface area contributed by atoms with Crippen molar-refractivity contribution in [2.45, 2.75) is 90.6 Å². The van der Waals surface area contributed by atoms with Gasteiger partial charge in [0.05, 0.1) is 30.0 Å². The Balaban J connectivity index is 1.31. The molecule has 5 unspecified atom stereocenters. The van der Waals surface area contributed by atoms with Crippen LogP contribution >= 0.6 is 11.3 Å². The Hall–Kier alpha value is -3.18. The van der Waals surface area contributed by atoms with Crippen LogP contribution < -0.4 is 21.3 Å². The third kappa shape index (κ3) is 7.52. The minimum atomic E-state index is -1.06. The lowest BCUT2D eigenvalue weighted by Gasteiger charge is -2.38. The number of aryl methyl sites for hydroxylation is 1. The Labute approximate surface area is 287 Å². The third-order valence-corrected chi connectivity index (χ3v) is 11.7. The maximum Gasteiger partial charge on any atom is 0.229 e. The summed E-state index contributed by atoms with van der Waals surface area (Å²) in [7, 11) is 1.92. The number of fused-ring (bicyclic) bond motifs is 1. The number of benzene rings is 2. The molecule has 2 aromatic carbocycles. The van der Waals surface area contributed by atoms with Gasteiger partial charge in [0.2, 0.25) is 11.8 Å². The summed E-state index contributed by atoms with van der Waals surface area (Å²) >= 11 is 1.49. The number of carbonyl (C=O) groups excluding carboxylic acids is 2. The monoisotopic (exact) mass is 680 g/mol. The molecule has 2 aliphatic carbocycles. The van der Waals surface area contributed by atoms with Gasteiger partial charge in [-0.25, -0.2) is 8.78 Å². The molecule has 48 heavy (non-hydrogen) atoms. The van der Waals surface area contributed by atoms with Crippen molar-refractivity contribution < 1.29 is 23.5 Å². The van der Waals surface area contributed by atoms with Crippen LogP contribution in [0.4, 0.5) is 8.78 Å². The molecule has 5 rings (SSSR count). The van der Waals surface area contributed by atoms with Gasteiger partial charge >= 0.3 is 0 Å². The first-order valence-electron chi connectivity index (χ1n) is 17.1. The van der Waals surface area contributed by atoms with Gasteiger partial charge in [0.15, 0.2) is 0 Å². The van der Waals surface area contributed by atoms with E-state index in [-0.39, 0.29) is 48.6 Å². The molecule has 0 radical (unpaired) electrons. The molecule has 1 heterocycles. The van der Waals surface area contributed by atoms with Crippen molar-refractivity contribution in [3.63, 3.8) is 0 Å². The zero-order valence-electron chi connectivity index (χ0n) is 28.6. The highest BCUT2D eigenvalue weighted by molar-refractivity contribution is 7.08. The molecule has 0 saturated heterocycles. The van der Waals surface area contributed by atoms with Crippen molar-refractivity contribution in [2.24, 2.45) is 22.7 Å². The summed E-state index contributed by atoms with van der Waals surface area (Å²) in [4.78, 5) is 28.0. The van der Waals surface area contributed by atoms with Crippen molar-refractivity contribution in [3.05, 3.63) is 93.2 Å². The minimum Gasteiger partial charge on any atom is -0.390 e. The molecule has 1 aromatic heterocycles. The largest absolute Gasteiger partial charge is 0.390 e. The topological polar surface area (TPSA) is 102 Å². The Kier molecular flexibility index (Phi) is 11.4. The standard InChI is InChI=1S/C38H50F2N4O3S/c1-6-24-8-7-9-25(14-24)20-42-21-32(45)31(17-26-15-28(39)18-29(40)16-26)43-34(46)19-30(27-12-13-48-22-27)44-36(47)38-33(37(38,3)4)11-10-23(2)35(38)41-5/h7-9,12-16,18,22-23,30-33,35,41-42,45H,6,10-11,17,19-21H2,1-5H3,(H,43,46)(H,44,47)/t23?,30?,31-,32+,33?,35?,38?/m0/s1. The number of aliphatic hydroxyl groups is 1. The second-order valence-electron chi connectivity index (χ2n) is 14.3. The summed E-state index contributed by atoms with van der Waals surface area (Å²) in [5.41, 5.74) is 2.67. The van der Waals surface area contributed by atoms with Gasteiger partial charge in [-0.05, 0) is 101 Å². The Morgan fingerprint density at radius 1 is 1.02 bits per heavy atom. The number of rotatable bonds is 15. The third-order valence-electron chi connectivity index (χ3n) is 11.0. The van der Waals surface area contributed by atoms with Crippen LogP contribution in [0.3, 0.4) is 0 Å². The van der Waals surface area contributed by atoms with Gasteiger partial charge in [-0.15, -0.1) is 0 Å². The summed E-state index contributed by atoms with van der Waals surface area (Å²) in [5, 5.41) is 28.1. The van der Waals surface area contributed by atoms with Crippen LogP contribution in [-0.2, 0) is 29.0 Å². The zero-order chi connectivity index (χ0) is 34.6. The molecule has 2 fully saturated rings. The van der Waals surface area contributed by atoms with Crippen LogP contribution in [0.25, 0.3) is 0 Å². The molecule has 260 valence electrons. The van der Waals surface area contributed by atoms with E-state index in [2.05, 4.69) is 61.1 Å². The normalized spacial score (nSPS) is 24.6. The van der Waals surface area contributed by atoms with Gasteiger partial charge in [-0.1, -0.05) is 52.0 Å². The summed E-state index contributed by atoms with van der Waals surface area (Å²) in [6.07, 6.45) is 1.87. The Bertz CT molecular complexity index is 1550. The minimum absolute atomic E-state index is 0.0186. The first kappa shape index (κ1) is 36.1. The lowest BCUT2D eigenvalue weighted by molar-refractivity contribution is -0.132. The van der Waals surface area contributed by atoms with Crippen molar-refractivity contribution in [3.8, 4) is 0 Å². The second kappa shape index (κ2) is 15.2. The smallest absolute Gasteiger partial charge is 0.229 e. The van der Waals surface area contributed by atoms with E-state index in [9.17, 15) is 23.5 Å². The molecule has 0 aliphatic heterocycles. The van der Waals surface area contributed by atoms with E-state index in [4.69, 9.17) is 0 Å². The van der Waals surface area contributed by atoms with Gasteiger partial charge in [0, 0.05) is 25.2 Å². The highest BCUT2D eigenvalue weighted by atomic mass is 32.1. The van der Waals surface area contributed by atoms with Gasteiger partial charge < -0.3 is 26.4 Å². The average molecular weight is 681 g/mol. The highest BCUT2D eigenvalue weighted by Gasteiger charge is 2.79. The first-order valence-corrected chi connectivity index (χ1v) is 18.1. The van der Waals surface area contributed by atoms with Gasteiger partial charge in [-0.3, -0.25) is 9.59 Å². The van der Waals surface area contributed by atoms with Gasteiger partial charge in [0.1, 0.15) is 11.6 Å². The van der Waals surface area contributed by atoms with Crippen LogP contribution in [0.2, 0.25) is 0 Å². The predicted octanol–water partition coefficient (Wildman–Crippen LogP) is 5.67. The van der Waals surface area contributed by atoms with Crippen LogP contribution in [0.15, 0.2) is 59.3 Å². The maximum atomic E-state index is 14.3. The Morgan fingerprint density at radius 3 is 2.42 bits per heavy atom. The molecule has 3 aromatic rings. The fourth-order valence-corrected chi connectivity index (χ4v) is 9.16. The van der Waals surface area contributed by atoms with Crippen molar-refractivity contribution >= 4 is 23.2 Å². The van der Waals surface area contributed by atoms with E-state index in [1.54, 1.807) is 0 Å². The number of hydrogen-bond acceptors (Lipinski definition) is 6. The number of carbonyl (C=O) groups is 2. The molecule has 0 bridgehead atoms. The van der Waals surface area contributed by atoms with E-state index in [1.807, 2.05) is 36.0 Å². The van der Waals surface area contributed by atoms with Gasteiger partial charge in [-0.2, -0.15) is 11.3 Å². The highest BCUT2D eigenvalue weighted by Crippen LogP contribution is 2.75. The molecule has 2 saturated carbocycles. The number of amides is 2. The van der Waals surface area contributed by atoms with E-state index in [0.29, 0.717) is 18.0 Å². The van der Waals surface area contributed by atoms with Crippen LogP contribution in [0.5, 0.6) is 0 Å². The molecular weight excluding hydrogens is 631 g/mol. The molecule has 5 N–H and O–H groups in total. The van der Waals surface area contributed by atoms with Crippen molar-refractivity contribution in [1.82, 2.24) is 21.3 Å². The SMILES string of the molecule is CCc1cccc(CNC[C@@H](O)[C@H](Cc2cc(F)cc(F)c2)NC(=O)CC(NC(=O)C23C(NC)C(C)CCC2C3(C)C)c2ccsc2)c1. The molecular formula is C38H50F2N4O3S. The van der Waals surface area contributed by atoms with E-state index < -0.39 is 35.2 Å². The number of hydrogen-bond donors (Lipinski definition) is 5. The molecule has 10 heteroatoms. The number of nitrogens with one attached hydrogen (secondary N) is 4. The van der Waals surface area contributed by atoms with E-state index >= 15 is 0 Å². The van der Waals surface area contributed by atoms with Crippen LogP contribution in [0.1, 0.15) is 75.3 Å². The zero-order valence-corrected chi connectivity index (χ0v) is 29.4. The average Bonchev–Trinajstić information content (AvgIpc) is 3.33. The molecule has 7 nitrogen and oxygen atoms in total. The number of halogens is 2. The summed E-state index contributed by atoms with van der Waals surface area (Å²) in [6.45, 7) is 9.27.